The Hall–Kier alpha value is -3.50. The number of aliphatic hydroxyl groups excluding tert-OH is 1. The van der Waals surface area contributed by atoms with E-state index in [2.05, 4.69) is 25.9 Å². The first-order valence-electron chi connectivity index (χ1n) is 10.3. The van der Waals surface area contributed by atoms with Crippen LogP contribution in [0.3, 0.4) is 0 Å². The molecule has 1 aliphatic heterocycles. The third-order valence-electron chi connectivity index (χ3n) is 5.85. The second-order valence-corrected chi connectivity index (χ2v) is 8.68. The van der Waals surface area contributed by atoms with Crippen LogP contribution in [0.4, 0.5) is 21.7 Å². The minimum Gasteiger partial charge on any atom is -0.373 e. The Morgan fingerprint density at radius 3 is 2.73 bits per heavy atom. The van der Waals surface area contributed by atoms with Crippen molar-refractivity contribution < 1.29 is 14.3 Å². The van der Waals surface area contributed by atoms with E-state index in [4.69, 9.17) is 11.6 Å². The molecule has 170 valence electrons. The molecule has 1 aliphatic carbocycles. The Bertz CT molecular complexity index is 1330. The maximum atomic E-state index is 13.9. The van der Waals surface area contributed by atoms with Crippen LogP contribution < -0.4 is 21.5 Å². The summed E-state index contributed by atoms with van der Waals surface area (Å²) in [7, 11) is 0. The number of carbonyl (C=O) groups is 1. The number of pyridine rings is 1. The minimum absolute atomic E-state index is 0.0171. The number of halogens is 2. The minimum atomic E-state index is -1.35. The molecule has 1 saturated carbocycles. The predicted octanol–water partition coefficient (Wildman–Crippen LogP) is 2.78. The summed E-state index contributed by atoms with van der Waals surface area (Å²) in [5, 5.41) is 18.7. The number of nitrogens with one attached hydrogen (secondary N) is 3. The molecule has 1 aromatic carbocycles. The fraction of sp³-hybridized carbons (Fsp3) is 0.273. The number of anilines is 3. The van der Waals surface area contributed by atoms with E-state index >= 15 is 0 Å². The van der Waals surface area contributed by atoms with E-state index in [-0.39, 0.29) is 28.1 Å². The summed E-state index contributed by atoms with van der Waals surface area (Å²) in [5.41, 5.74) is -1.47. The molecule has 2 unspecified atom stereocenters. The van der Waals surface area contributed by atoms with Crippen molar-refractivity contribution in [2.24, 2.45) is 5.92 Å². The number of hydrogen-bond donors (Lipinski definition) is 4. The van der Waals surface area contributed by atoms with Crippen LogP contribution in [-0.2, 0) is 5.66 Å². The van der Waals surface area contributed by atoms with Gasteiger partial charge in [-0.1, -0.05) is 23.7 Å². The van der Waals surface area contributed by atoms with Crippen LogP contribution >= 0.6 is 11.6 Å². The Balaban J connectivity index is 1.53. The number of aliphatic hydroxyl groups is 1. The Kier molecular flexibility index (Phi) is 5.06. The van der Waals surface area contributed by atoms with Gasteiger partial charge in [0.05, 0.1) is 5.02 Å². The summed E-state index contributed by atoms with van der Waals surface area (Å²) in [6, 6.07) is 8.54. The molecule has 5 rings (SSSR count). The van der Waals surface area contributed by atoms with Gasteiger partial charge in [-0.05, 0) is 38.0 Å². The standard InChI is InChI=1S/C22H20ClFN6O3/c1-22(12-3-2-4-13(24)7-12)29-20(32)18-14(23)8-15(21(33)30(18)22)27-16-9-17(26-10-25-16)28-19(31)11-5-6-11/h2-4,7-11,19,31H,5-6H2,1H3,(H,29,32)(H2,25,26,27,28). The normalized spacial score (nSPS) is 20.2. The smallest absolute Gasteiger partial charge is 0.277 e. The van der Waals surface area contributed by atoms with Gasteiger partial charge < -0.3 is 21.1 Å². The molecule has 1 fully saturated rings. The molecule has 4 N–H and O–H groups in total. The summed E-state index contributed by atoms with van der Waals surface area (Å²) < 4.78 is 15.1. The van der Waals surface area contributed by atoms with Crippen molar-refractivity contribution in [2.75, 3.05) is 10.6 Å². The van der Waals surface area contributed by atoms with Crippen molar-refractivity contribution in [3.05, 3.63) is 75.2 Å². The molecule has 2 aromatic heterocycles. The van der Waals surface area contributed by atoms with E-state index in [0.717, 1.165) is 12.8 Å². The van der Waals surface area contributed by atoms with Crippen molar-refractivity contribution in [1.82, 2.24) is 19.9 Å². The number of carbonyl (C=O) groups excluding carboxylic acids is 1. The lowest BCUT2D eigenvalue weighted by molar-refractivity contribution is 0.0941. The first-order chi connectivity index (χ1) is 15.8. The molecule has 0 radical (unpaired) electrons. The number of benzene rings is 1. The van der Waals surface area contributed by atoms with Gasteiger partial charge in [-0.2, -0.15) is 0 Å². The third-order valence-corrected chi connectivity index (χ3v) is 6.14. The van der Waals surface area contributed by atoms with E-state index in [1.54, 1.807) is 19.1 Å². The summed E-state index contributed by atoms with van der Waals surface area (Å²) in [5.74, 6) is -0.172. The van der Waals surface area contributed by atoms with Crippen molar-refractivity contribution >= 4 is 34.8 Å². The second-order valence-electron chi connectivity index (χ2n) is 8.27. The average Bonchev–Trinajstić information content (AvgIpc) is 3.57. The van der Waals surface area contributed by atoms with E-state index < -0.39 is 29.2 Å². The van der Waals surface area contributed by atoms with Gasteiger partial charge in [0.15, 0.2) is 0 Å². The first-order valence-corrected chi connectivity index (χ1v) is 10.7. The van der Waals surface area contributed by atoms with Crippen LogP contribution in [0.2, 0.25) is 5.02 Å². The van der Waals surface area contributed by atoms with Crippen molar-refractivity contribution in [2.45, 2.75) is 31.7 Å². The maximum Gasteiger partial charge on any atom is 0.277 e. The van der Waals surface area contributed by atoms with E-state index in [1.807, 2.05) is 0 Å². The molecule has 0 spiro atoms. The van der Waals surface area contributed by atoms with Gasteiger partial charge in [0, 0.05) is 17.5 Å². The number of rotatable bonds is 6. The topological polar surface area (TPSA) is 121 Å². The predicted molar refractivity (Wildman–Crippen MR) is 120 cm³/mol. The fourth-order valence-corrected chi connectivity index (χ4v) is 4.24. The molecule has 1 amide bonds. The zero-order valence-electron chi connectivity index (χ0n) is 17.5. The van der Waals surface area contributed by atoms with Crippen molar-refractivity contribution in [1.29, 1.82) is 0 Å². The van der Waals surface area contributed by atoms with E-state index in [9.17, 15) is 19.1 Å². The largest absolute Gasteiger partial charge is 0.373 e. The summed E-state index contributed by atoms with van der Waals surface area (Å²) in [4.78, 5) is 34.3. The Morgan fingerprint density at radius 2 is 2.00 bits per heavy atom. The number of hydrogen-bond acceptors (Lipinski definition) is 7. The highest BCUT2D eigenvalue weighted by molar-refractivity contribution is 6.34. The van der Waals surface area contributed by atoms with Crippen molar-refractivity contribution in [3.63, 3.8) is 0 Å². The lowest BCUT2D eigenvalue weighted by Crippen LogP contribution is -2.46. The molecule has 0 bridgehead atoms. The van der Waals surface area contributed by atoms with Gasteiger partial charge in [0.25, 0.3) is 11.5 Å². The van der Waals surface area contributed by atoms with Crippen LogP contribution in [0, 0.1) is 11.7 Å². The zero-order valence-corrected chi connectivity index (χ0v) is 18.2. The van der Waals surface area contributed by atoms with Gasteiger partial charge >= 0.3 is 0 Å². The third kappa shape index (κ3) is 3.81. The SMILES string of the molecule is CC1(c2cccc(F)c2)NC(=O)c2c(Cl)cc(Nc3cc(NC(O)C4CC4)ncn3)c(=O)n21. The summed E-state index contributed by atoms with van der Waals surface area (Å²) in [6.07, 6.45) is 2.48. The molecule has 2 atom stereocenters. The lowest BCUT2D eigenvalue weighted by Gasteiger charge is -2.28. The molecule has 3 aromatic rings. The Morgan fingerprint density at radius 1 is 1.24 bits per heavy atom. The molecule has 2 aliphatic rings. The van der Waals surface area contributed by atoms with E-state index in [1.165, 1.54) is 35.2 Å². The molecule has 33 heavy (non-hydrogen) atoms. The highest BCUT2D eigenvalue weighted by Gasteiger charge is 2.43. The summed E-state index contributed by atoms with van der Waals surface area (Å²) >= 11 is 6.38. The van der Waals surface area contributed by atoms with Crippen LogP contribution in [0.15, 0.2) is 47.5 Å². The number of fused-ring (bicyclic) bond motifs is 1. The van der Waals surface area contributed by atoms with E-state index in [0.29, 0.717) is 11.4 Å². The lowest BCUT2D eigenvalue weighted by atomic mass is 10.0. The quantitative estimate of drug-likeness (QED) is 0.409. The van der Waals surface area contributed by atoms with Gasteiger partial charge in [-0.25, -0.2) is 14.4 Å². The van der Waals surface area contributed by atoms with Crippen LogP contribution in [0.5, 0.6) is 0 Å². The first kappa shape index (κ1) is 21.4. The molecule has 3 heterocycles. The Labute approximate surface area is 192 Å². The van der Waals surface area contributed by atoms with Crippen LogP contribution in [-0.4, -0.2) is 31.8 Å². The monoisotopic (exact) mass is 470 g/mol. The number of nitrogens with zero attached hydrogens (tertiary/aromatic N) is 3. The molecular weight excluding hydrogens is 451 g/mol. The van der Waals surface area contributed by atoms with Gasteiger partial charge in [-0.15, -0.1) is 0 Å². The molecule has 0 saturated heterocycles. The van der Waals surface area contributed by atoms with Gasteiger partial charge in [0.1, 0.15) is 47.1 Å². The average molecular weight is 471 g/mol. The van der Waals surface area contributed by atoms with Crippen LogP contribution in [0.25, 0.3) is 0 Å². The number of amides is 1. The second kappa shape index (κ2) is 7.82. The zero-order chi connectivity index (χ0) is 23.3. The molecule has 9 nitrogen and oxygen atoms in total. The van der Waals surface area contributed by atoms with Gasteiger partial charge in [0.2, 0.25) is 0 Å². The van der Waals surface area contributed by atoms with Crippen LogP contribution in [0.1, 0.15) is 35.8 Å². The fourth-order valence-electron chi connectivity index (χ4n) is 3.96. The highest BCUT2D eigenvalue weighted by atomic mass is 35.5. The summed E-state index contributed by atoms with van der Waals surface area (Å²) in [6.45, 7) is 1.60. The van der Waals surface area contributed by atoms with Crippen molar-refractivity contribution in [3.8, 4) is 0 Å². The molecule has 11 heteroatoms. The highest BCUT2D eigenvalue weighted by Crippen LogP contribution is 2.34. The maximum absolute atomic E-state index is 13.9. The molecular formula is C22H20ClFN6O3. The number of aromatic nitrogens is 3. The van der Waals surface area contributed by atoms with Gasteiger partial charge in [-0.3, -0.25) is 14.2 Å².